The second-order valence-electron chi connectivity index (χ2n) is 7.30. The maximum Gasteiger partial charge on any atom is 0.254 e. The van der Waals surface area contributed by atoms with Gasteiger partial charge in [-0.2, -0.15) is 9.50 Å². The van der Waals surface area contributed by atoms with Gasteiger partial charge in [0.25, 0.3) is 5.78 Å². The largest absolute Gasteiger partial charge is 0.340 e. The van der Waals surface area contributed by atoms with Crippen molar-refractivity contribution in [1.82, 2.24) is 24.6 Å². The van der Waals surface area contributed by atoms with Crippen LogP contribution in [0.1, 0.15) is 25.5 Å². The minimum Gasteiger partial charge on any atom is -0.340 e. The van der Waals surface area contributed by atoms with Crippen molar-refractivity contribution in [2.45, 2.75) is 19.8 Å². The van der Waals surface area contributed by atoms with Gasteiger partial charge in [0, 0.05) is 29.7 Å². The van der Waals surface area contributed by atoms with E-state index in [2.05, 4.69) is 64.6 Å². The van der Waals surface area contributed by atoms with Gasteiger partial charge in [-0.1, -0.05) is 44.2 Å². The molecule has 0 atom stereocenters. The highest BCUT2D eigenvalue weighted by molar-refractivity contribution is 5.86. The molecule has 6 nitrogen and oxygen atoms in total. The fourth-order valence-electron chi connectivity index (χ4n) is 3.30. The van der Waals surface area contributed by atoms with Crippen molar-refractivity contribution in [3.63, 3.8) is 0 Å². The molecular weight excluding hydrogens is 360 g/mol. The Morgan fingerprint density at radius 1 is 0.897 bits per heavy atom. The van der Waals surface area contributed by atoms with Crippen LogP contribution in [0.25, 0.3) is 27.9 Å². The summed E-state index contributed by atoms with van der Waals surface area (Å²) in [7, 11) is 0. The number of nitrogens with one attached hydrogen (secondary N) is 1. The molecule has 0 bridgehead atoms. The number of anilines is 2. The van der Waals surface area contributed by atoms with Gasteiger partial charge in [-0.05, 0) is 41.0 Å². The van der Waals surface area contributed by atoms with Crippen molar-refractivity contribution in [2.75, 3.05) is 5.32 Å². The first-order valence-electron chi connectivity index (χ1n) is 9.61. The van der Waals surface area contributed by atoms with E-state index >= 15 is 0 Å². The number of fused-ring (bicyclic) bond motifs is 2. The average molecular weight is 380 g/mol. The van der Waals surface area contributed by atoms with Crippen LogP contribution in [-0.4, -0.2) is 24.6 Å². The molecule has 1 N–H and O–H groups in total. The Morgan fingerprint density at radius 3 is 2.55 bits per heavy atom. The van der Waals surface area contributed by atoms with E-state index < -0.39 is 0 Å². The van der Waals surface area contributed by atoms with Crippen LogP contribution in [0.2, 0.25) is 0 Å². The molecule has 5 aromatic rings. The molecule has 2 aromatic carbocycles. The third kappa shape index (κ3) is 3.29. The zero-order valence-electron chi connectivity index (χ0n) is 16.2. The topological polar surface area (TPSA) is 68.0 Å². The Kier molecular flexibility index (Phi) is 4.17. The van der Waals surface area contributed by atoms with Crippen molar-refractivity contribution < 1.29 is 0 Å². The van der Waals surface area contributed by atoms with Gasteiger partial charge in [0.1, 0.15) is 5.82 Å². The molecule has 3 aromatic heterocycles. The number of aromatic nitrogens is 5. The first-order chi connectivity index (χ1) is 14.2. The van der Waals surface area contributed by atoms with Gasteiger partial charge < -0.3 is 5.32 Å². The molecule has 6 heteroatoms. The Hall–Kier alpha value is -3.80. The SMILES string of the molecule is CC(C)c1cc(Nc2ccc3ccccc3c2)n2nc(-c3cccnc3)nc2n1. The molecule has 3 heterocycles. The van der Waals surface area contributed by atoms with E-state index in [1.807, 2.05) is 30.3 Å². The first-order valence-corrected chi connectivity index (χ1v) is 9.61. The molecule has 0 fully saturated rings. The summed E-state index contributed by atoms with van der Waals surface area (Å²) in [5.41, 5.74) is 2.82. The highest BCUT2D eigenvalue weighted by Crippen LogP contribution is 2.26. The lowest BCUT2D eigenvalue weighted by atomic mass is 10.1. The highest BCUT2D eigenvalue weighted by atomic mass is 15.4. The molecule has 29 heavy (non-hydrogen) atoms. The van der Waals surface area contributed by atoms with Crippen molar-refractivity contribution in [1.29, 1.82) is 0 Å². The lowest BCUT2D eigenvalue weighted by molar-refractivity contribution is 0.809. The lowest BCUT2D eigenvalue weighted by Gasteiger charge is -2.12. The summed E-state index contributed by atoms with van der Waals surface area (Å²) < 4.78 is 1.75. The van der Waals surface area contributed by atoms with E-state index in [0.717, 1.165) is 22.8 Å². The number of benzene rings is 2. The Morgan fingerprint density at radius 2 is 1.76 bits per heavy atom. The summed E-state index contributed by atoms with van der Waals surface area (Å²) in [6.45, 7) is 4.24. The van der Waals surface area contributed by atoms with Crippen LogP contribution in [0.15, 0.2) is 73.1 Å². The van der Waals surface area contributed by atoms with Crippen molar-refractivity contribution in [3.05, 3.63) is 78.8 Å². The molecule has 0 saturated heterocycles. The predicted octanol–water partition coefficient (Wildman–Crippen LogP) is 5.21. The average Bonchev–Trinajstić information content (AvgIpc) is 3.19. The van der Waals surface area contributed by atoms with Crippen LogP contribution in [0.3, 0.4) is 0 Å². The van der Waals surface area contributed by atoms with E-state index in [0.29, 0.717) is 11.6 Å². The summed E-state index contributed by atoms with van der Waals surface area (Å²) in [6, 6.07) is 20.5. The molecule has 0 radical (unpaired) electrons. The van der Waals surface area contributed by atoms with E-state index in [9.17, 15) is 0 Å². The zero-order valence-corrected chi connectivity index (χ0v) is 16.2. The summed E-state index contributed by atoms with van der Waals surface area (Å²) in [4.78, 5) is 13.5. The van der Waals surface area contributed by atoms with Crippen molar-refractivity contribution >= 4 is 28.1 Å². The molecule has 0 saturated carbocycles. The molecule has 142 valence electrons. The molecule has 0 aliphatic heterocycles. The highest BCUT2D eigenvalue weighted by Gasteiger charge is 2.14. The van der Waals surface area contributed by atoms with Crippen LogP contribution in [-0.2, 0) is 0 Å². The Balaban J connectivity index is 1.63. The van der Waals surface area contributed by atoms with E-state index in [-0.39, 0.29) is 5.92 Å². The maximum atomic E-state index is 4.70. The van der Waals surface area contributed by atoms with Crippen LogP contribution >= 0.6 is 0 Å². The molecule has 0 aliphatic rings. The second-order valence-corrected chi connectivity index (χ2v) is 7.30. The number of hydrogen-bond acceptors (Lipinski definition) is 5. The summed E-state index contributed by atoms with van der Waals surface area (Å²) >= 11 is 0. The standard InChI is InChI=1S/C23H20N6/c1-15(2)20-13-21(25-19-10-9-16-6-3-4-7-17(16)12-19)29-23(26-20)27-22(28-29)18-8-5-11-24-14-18/h3-15,25H,1-2H3. The van der Waals surface area contributed by atoms with Gasteiger partial charge in [-0.25, -0.2) is 4.98 Å². The summed E-state index contributed by atoms with van der Waals surface area (Å²) in [6.07, 6.45) is 3.50. The fourth-order valence-corrected chi connectivity index (χ4v) is 3.30. The number of rotatable bonds is 4. The number of hydrogen-bond donors (Lipinski definition) is 1. The van der Waals surface area contributed by atoms with Crippen LogP contribution in [0.4, 0.5) is 11.5 Å². The van der Waals surface area contributed by atoms with E-state index in [1.54, 1.807) is 16.9 Å². The van der Waals surface area contributed by atoms with Crippen LogP contribution < -0.4 is 5.32 Å². The molecule has 0 amide bonds. The molecular formula is C23H20N6. The van der Waals surface area contributed by atoms with Gasteiger partial charge >= 0.3 is 0 Å². The van der Waals surface area contributed by atoms with Gasteiger partial charge in [-0.3, -0.25) is 4.98 Å². The second kappa shape index (κ2) is 6.98. The zero-order chi connectivity index (χ0) is 19.8. The minimum absolute atomic E-state index is 0.274. The summed E-state index contributed by atoms with van der Waals surface area (Å²) in [5, 5.41) is 10.6. The lowest BCUT2D eigenvalue weighted by Crippen LogP contribution is -2.05. The van der Waals surface area contributed by atoms with Crippen molar-refractivity contribution in [2.24, 2.45) is 0 Å². The molecule has 5 rings (SSSR count). The van der Waals surface area contributed by atoms with E-state index in [4.69, 9.17) is 4.98 Å². The minimum atomic E-state index is 0.274. The third-order valence-electron chi connectivity index (χ3n) is 4.87. The first kappa shape index (κ1) is 17.3. The normalized spacial score (nSPS) is 11.4. The third-order valence-corrected chi connectivity index (χ3v) is 4.87. The number of nitrogens with zero attached hydrogens (tertiary/aromatic N) is 5. The number of pyridine rings is 1. The monoisotopic (exact) mass is 380 g/mol. The smallest absolute Gasteiger partial charge is 0.254 e. The summed E-state index contributed by atoms with van der Waals surface area (Å²) in [5.74, 6) is 2.28. The molecule has 0 unspecified atom stereocenters. The quantitative estimate of drug-likeness (QED) is 0.464. The van der Waals surface area contributed by atoms with E-state index in [1.165, 1.54) is 10.8 Å². The Labute approximate surface area is 168 Å². The molecule has 0 spiro atoms. The van der Waals surface area contributed by atoms with Crippen LogP contribution in [0.5, 0.6) is 0 Å². The van der Waals surface area contributed by atoms with Gasteiger partial charge in [0.05, 0.1) is 5.69 Å². The fraction of sp³-hybridized carbons (Fsp3) is 0.130. The van der Waals surface area contributed by atoms with Crippen molar-refractivity contribution in [3.8, 4) is 11.4 Å². The predicted molar refractivity (Wildman–Crippen MR) is 115 cm³/mol. The molecule has 0 aliphatic carbocycles. The van der Waals surface area contributed by atoms with Gasteiger partial charge in [0.15, 0.2) is 5.82 Å². The maximum absolute atomic E-state index is 4.70. The van der Waals surface area contributed by atoms with Crippen LogP contribution in [0, 0.1) is 0 Å². The van der Waals surface area contributed by atoms with Gasteiger partial charge in [-0.15, -0.1) is 5.10 Å². The van der Waals surface area contributed by atoms with Gasteiger partial charge in [0.2, 0.25) is 0 Å². The Bertz CT molecular complexity index is 1310.